The minimum absolute atomic E-state index is 0.0223. The summed E-state index contributed by atoms with van der Waals surface area (Å²) in [5.74, 6) is 0.0531. The lowest BCUT2D eigenvalue weighted by Gasteiger charge is -2.11. The van der Waals surface area contributed by atoms with Gasteiger partial charge < -0.3 is 9.47 Å². The fourth-order valence-electron chi connectivity index (χ4n) is 1.76. The Kier molecular flexibility index (Phi) is 5.01. The van der Waals surface area contributed by atoms with E-state index in [-0.39, 0.29) is 11.8 Å². The Morgan fingerprint density at radius 2 is 2.00 bits per heavy atom. The van der Waals surface area contributed by atoms with Gasteiger partial charge in [-0.3, -0.25) is 0 Å². The van der Waals surface area contributed by atoms with Crippen LogP contribution in [0.1, 0.15) is 31.3 Å². The van der Waals surface area contributed by atoms with Gasteiger partial charge in [-0.05, 0) is 45.0 Å². The number of aromatic nitrogens is 2. The molecule has 0 spiro atoms. The molecule has 112 valence electrons. The molecule has 1 aromatic carbocycles. The number of carbonyl (C=O) groups is 1. The van der Waals surface area contributed by atoms with E-state index in [9.17, 15) is 4.79 Å². The van der Waals surface area contributed by atoms with E-state index >= 15 is 0 Å². The summed E-state index contributed by atoms with van der Waals surface area (Å²) in [4.78, 5) is 11.8. The smallest absolute Gasteiger partial charge is 0.358 e. The van der Waals surface area contributed by atoms with Crippen LogP contribution in [0.15, 0.2) is 34.8 Å². The van der Waals surface area contributed by atoms with Crippen LogP contribution in [0.3, 0.4) is 0 Å². The molecule has 0 aliphatic heterocycles. The third-order valence-electron chi connectivity index (χ3n) is 2.59. The largest absolute Gasteiger partial charge is 0.475 e. The van der Waals surface area contributed by atoms with Crippen LogP contribution >= 0.6 is 15.9 Å². The lowest BCUT2D eigenvalue weighted by Crippen LogP contribution is -2.10. The molecular formula is C15H17BrN2O3. The standard InChI is InChI=1S/C15H17BrN2O3/c1-4-20-15(19)13-9-14(21-10(2)3)18(17-13)12-7-5-11(16)6-8-12/h5-10H,4H2,1-3H3. The molecule has 2 rings (SSSR count). The first-order valence-electron chi connectivity index (χ1n) is 6.71. The summed E-state index contributed by atoms with van der Waals surface area (Å²) in [6, 6.07) is 9.18. The van der Waals surface area contributed by atoms with Gasteiger partial charge in [0.05, 0.1) is 18.4 Å². The first-order valence-corrected chi connectivity index (χ1v) is 7.50. The van der Waals surface area contributed by atoms with Crippen LogP contribution in [0, 0.1) is 0 Å². The summed E-state index contributed by atoms with van der Waals surface area (Å²) in [6.07, 6.45) is -0.0223. The number of rotatable bonds is 5. The Bertz CT molecular complexity index is 620. The van der Waals surface area contributed by atoms with Gasteiger partial charge in [0, 0.05) is 10.5 Å². The summed E-state index contributed by atoms with van der Waals surface area (Å²) in [5, 5.41) is 4.28. The van der Waals surface area contributed by atoms with Crippen LogP contribution in [-0.4, -0.2) is 28.5 Å². The molecule has 0 aliphatic carbocycles. The molecule has 21 heavy (non-hydrogen) atoms. The molecule has 1 heterocycles. The van der Waals surface area contributed by atoms with Crippen LogP contribution in [0.5, 0.6) is 5.88 Å². The van der Waals surface area contributed by atoms with Gasteiger partial charge in [-0.1, -0.05) is 15.9 Å². The maximum atomic E-state index is 11.8. The number of benzene rings is 1. The van der Waals surface area contributed by atoms with Crippen LogP contribution in [-0.2, 0) is 4.74 Å². The molecule has 5 nitrogen and oxygen atoms in total. The molecule has 0 unspecified atom stereocenters. The first kappa shape index (κ1) is 15.6. The van der Waals surface area contributed by atoms with Crippen molar-refractivity contribution < 1.29 is 14.3 Å². The quantitative estimate of drug-likeness (QED) is 0.771. The van der Waals surface area contributed by atoms with Crippen molar-refractivity contribution in [2.24, 2.45) is 0 Å². The number of halogens is 1. The number of esters is 1. The molecule has 0 radical (unpaired) electrons. The molecule has 2 aromatic rings. The number of nitrogens with zero attached hydrogens (tertiary/aromatic N) is 2. The number of ether oxygens (including phenoxy) is 2. The van der Waals surface area contributed by atoms with Crippen molar-refractivity contribution in [3.8, 4) is 11.6 Å². The molecule has 1 aromatic heterocycles. The summed E-state index contributed by atoms with van der Waals surface area (Å²) in [6.45, 7) is 5.91. The highest BCUT2D eigenvalue weighted by molar-refractivity contribution is 9.10. The first-order chi connectivity index (χ1) is 10.0. The van der Waals surface area contributed by atoms with Gasteiger partial charge in [-0.2, -0.15) is 5.10 Å². The monoisotopic (exact) mass is 352 g/mol. The van der Waals surface area contributed by atoms with Crippen LogP contribution < -0.4 is 4.74 Å². The second-order valence-electron chi connectivity index (χ2n) is 4.64. The summed E-state index contributed by atoms with van der Waals surface area (Å²) < 4.78 is 13.3. The maximum Gasteiger partial charge on any atom is 0.358 e. The molecule has 0 saturated heterocycles. The summed E-state index contributed by atoms with van der Waals surface area (Å²) >= 11 is 3.39. The number of hydrogen-bond acceptors (Lipinski definition) is 4. The van der Waals surface area contributed by atoms with Gasteiger partial charge in [0.15, 0.2) is 5.69 Å². The van der Waals surface area contributed by atoms with Gasteiger partial charge in [0.25, 0.3) is 0 Å². The predicted molar refractivity (Wildman–Crippen MR) is 83.0 cm³/mol. The molecule has 0 N–H and O–H groups in total. The van der Waals surface area contributed by atoms with Gasteiger partial charge in [0.2, 0.25) is 5.88 Å². The minimum Gasteiger partial charge on any atom is -0.475 e. The van der Waals surface area contributed by atoms with E-state index in [1.807, 2.05) is 38.1 Å². The Morgan fingerprint density at radius 3 is 2.57 bits per heavy atom. The predicted octanol–water partition coefficient (Wildman–Crippen LogP) is 3.60. The second kappa shape index (κ2) is 6.76. The van der Waals surface area contributed by atoms with Crippen molar-refractivity contribution in [2.45, 2.75) is 26.9 Å². The van der Waals surface area contributed by atoms with Gasteiger partial charge in [0.1, 0.15) is 0 Å². The molecule has 0 saturated carbocycles. The van der Waals surface area contributed by atoms with E-state index in [1.165, 1.54) is 0 Å². The van der Waals surface area contributed by atoms with Gasteiger partial charge in [-0.25, -0.2) is 9.48 Å². The van der Waals surface area contributed by atoms with Crippen molar-refractivity contribution in [2.75, 3.05) is 6.61 Å². The summed E-state index contributed by atoms with van der Waals surface area (Å²) in [7, 11) is 0. The fourth-order valence-corrected chi connectivity index (χ4v) is 2.03. The zero-order chi connectivity index (χ0) is 15.4. The van der Waals surface area contributed by atoms with Crippen molar-refractivity contribution in [3.63, 3.8) is 0 Å². The third kappa shape index (κ3) is 3.85. The zero-order valence-electron chi connectivity index (χ0n) is 12.2. The van der Waals surface area contributed by atoms with Gasteiger partial charge in [-0.15, -0.1) is 0 Å². The molecular weight excluding hydrogens is 336 g/mol. The average molecular weight is 353 g/mol. The number of carbonyl (C=O) groups excluding carboxylic acids is 1. The Labute approximate surface area is 132 Å². The Balaban J connectivity index is 2.41. The lowest BCUT2D eigenvalue weighted by molar-refractivity contribution is 0.0519. The second-order valence-corrected chi connectivity index (χ2v) is 5.56. The van der Waals surface area contributed by atoms with E-state index in [4.69, 9.17) is 9.47 Å². The average Bonchev–Trinajstić information content (AvgIpc) is 2.83. The molecule has 6 heteroatoms. The summed E-state index contributed by atoms with van der Waals surface area (Å²) in [5.41, 5.74) is 1.04. The minimum atomic E-state index is -0.457. The molecule has 0 atom stereocenters. The van der Waals surface area contributed by atoms with Crippen LogP contribution in [0.2, 0.25) is 0 Å². The van der Waals surface area contributed by atoms with Crippen LogP contribution in [0.25, 0.3) is 5.69 Å². The third-order valence-corrected chi connectivity index (χ3v) is 3.12. The van der Waals surface area contributed by atoms with Crippen molar-refractivity contribution in [3.05, 3.63) is 40.5 Å². The molecule has 0 fully saturated rings. The number of hydrogen-bond donors (Lipinski definition) is 0. The lowest BCUT2D eigenvalue weighted by atomic mass is 10.3. The normalized spacial score (nSPS) is 10.7. The van der Waals surface area contributed by atoms with Crippen molar-refractivity contribution >= 4 is 21.9 Å². The highest BCUT2D eigenvalue weighted by Gasteiger charge is 2.18. The fraction of sp³-hybridized carbons (Fsp3) is 0.333. The van der Waals surface area contributed by atoms with Crippen LogP contribution in [0.4, 0.5) is 0 Å². The van der Waals surface area contributed by atoms with E-state index in [0.717, 1.165) is 10.2 Å². The van der Waals surface area contributed by atoms with E-state index in [0.29, 0.717) is 12.5 Å². The molecule has 0 bridgehead atoms. The van der Waals surface area contributed by atoms with E-state index < -0.39 is 5.97 Å². The topological polar surface area (TPSA) is 53.4 Å². The van der Waals surface area contributed by atoms with Gasteiger partial charge >= 0.3 is 5.97 Å². The Hall–Kier alpha value is -1.82. The molecule has 0 aliphatic rings. The highest BCUT2D eigenvalue weighted by atomic mass is 79.9. The SMILES string of the molecule is CCOC(=O)c1cc(OC(C)C)n(-c2ccc(Br)cc2)n1. The van der Waals surface area contributed by atoms with E-state index in [1.54, 1.807) is 17.7 Å². The highest BCUT2D eigenvalue weighted by Crippen LogP contribution is 2.22. The van der Waals surface area contributed by atoms with Crippen molar-refractivity contribution in [1.82, 2.24) is 9.78 Å². The Morgan fingerprint density at radius 1 is 1.33 bits per heavy atom. The maximum absolute atomic E-state index is 11.8. The van der Waals surface area contributed by atoms with E-state index in [2.05, 4.69) is 21.0 Å². The molecule has 0 amide bonds. The van der Waals surface area contributed by atoms with Crippen molar-refractivity contribution in [1.29, 1.82) is 0 Å². The zero-order valence-corrected chi connectivity index (χ0v) is 13.8.